The maximum atomic E-state index is 2.46. The van der Waals surface area contributed by atoms with E-state index < -0.39 is 23.2 Å². The van der Waals surface area contributed by atoms with Crippen LogP contribution in [0.25, 0.3) is 12.2 Å². The largest absolute Gasteiger partial charge is 0.147 e. The maximum Gasteiger partial charge on any atom is -0.147 e. The van der Waals surface area contributed by atoms with Gasteiger partial charge in [0.2, 0.25) is 0 Å². The molecular weight excluding hydrogens is 502 g/mol. The van der Waals surface area contributed by atoms with Crippen molar-refractivity contribution in [2.45, 2.75) is 6.49 Å². The Morgan fingerprint density at radius 2 is 0.903 bits per heavy atom. The second-order valence-corrected chi connectivity index (χ2v) is 12.0. The predicted octanol–water partition coefficient (Wildman–Crippen LogP) is 6.37. The van der Waals surface area contributed by atoms with Gasteiger partial charge in [-0.15, -0.1) is 24.8 Å². The summed E-state index contributed by atoms with van der Waals surface area (Å²) in [4.78, 5) is 0. The van der Waals surface area contributed by atoms with E-state index >= 15 is 0 Å². The standard InChI is InChI=1S/2C13H10N.2ClH.Zr/c2*1-2-6-12-11(5-1)7-8-13(12)14-9-3-4-10-14;;;/h2*1-10H;2*1H;. The van der Waals surface area contributed by atoms with E-state index in [-0.39, 0.29) is 31.3 Å². The van der Waals surface area contributed by atoms with Crippen molar-refractivity contribution in [1.29, 1.82) is 0 Å². The smallest absolute Gasteiger partial charge is 0.147 e. The van der Waals surface area contributed by atoms with E-state index in [2.05, 4.69) is 131 Å². The van der Waals surface area contributed by atoms with Crippen LogP contribution in [-0.2, 0) is 29.7 Å². The Balaban J connectivity index is 0.00000116. The van der Waals surface area contributed by atoms with Gasteiger partial charge in [0.25, 0.3) is 0 Å². The average Bonchev–Trinajstić information content (AvgIpc) is 3.56. The SMILES string of the molecule is C1=C[C]([Zr][C]2(n3cccc3)C=Cc3ccccc32)(n2cccc2)c2ccccc21.Cl.Cl. The fourth-order valence-corrected chi connectivity index (χ4v) is 10.2. The molecule has 0 spiro atoms. The summed E-state index contributed by atoms with van der Waals surface area (Å²) in [5.41, 5.74) is 5.57. The van der Waals surface area contributed by atoms with E-state index in [1.165, 1.54) is 22.3 Å². The Bertz CT molecular complexity index is 1150. The van der Waals surface area contributed by atoms with Crippen LogP contribution in [-0.4, -0.2) is 9.13 Å². The Morgan fingerprint density at radius 1 is 0.516 bits per heavy atom. The van der Waals surface area contributed by atoms with Crippen molar-refractivity contribution in [1.82, 2.24) is 9.13 Å². The molecule has 2 nitrogen and oxygen atoms in total. The van der Waals surface area contributed by atoms with Crippen LogP contribution in [0, 0.1) is 0 Å². The van der Waals surface area contributed by atoms with Gasteiger partial charge in [-0.05, 0) is 0 Å². The van der Waals surface area contributed by atoms with Crippen LogP contribution in [0.4, 0.5) is 0 Å². The van der Waals surface area contributed by atoms with Crippen molar-refractivity contribution in [3.05, 3.63) is 132 Å². The maximum absolute atomic E-state index is 2.46. The molecule has 0 radical (unpaired) electrons. The third-order valence-electron chi connectivity index (χ3n) is 6.16. The zero-order valence-corrected chi connectivity index (χ0v) is 20.8. The number of fused-ring (bicyclic) bond motifs is 2. The van der Waals surface area contributed by atoms with Crippen molar-refractivity contribution >= 4 is 37.0 Å². The quantitative estimate of drug-likeness (QED) is 0.294. The van der Waals surface area contributed by atoms with Gasteiger partial charge in [0, 0.05) is 0 Å². The van der Waals surface area contributed by atoms with Crippen LogP contribution >= 0.6 is 24.8 Å². The number of nitrogens with zero attached hydrogens (tertiary/aromatic N) is 2. The Morgan fingerprint density at radius 3 is 1.32 bits per heavy atom. The molecule has 2 aliphatic carbocycles. The number of hydrogen-bond acceptors (Lipinski definition) is 0. The van der Waals surface area contributed by atoms with Gasteiger partial charge >= 0.3 is 183 Å². The topological polar surface area (TPSA) is 9.86 Å². The molecule has 6 rings (SSSR count). The molecule has 0 N–H and O–H groups in total. The summed E-state index contributed by atoms with van der Waals surface area (Å²) < 4.78 is 4.74. The van der Waals surface area contributed by atoms with Crippen molar-refractivity contribution in [3.8, 4) is 0 Å². The van der Waals surface area contributed by atoms with Crippen LogP contribution in [0.2, 0.25) is 0 Å². The van der Waals surface area contributed by atoms with Crippen molar-refractivity contribution in [3.63, 3.8) is 0 Å². The van der Waals surface area contributed by atoms with Gasteiger partial charge in [-0.2, -0.15) is 0 Å². The number of halogens is 2. The normalized spacial score (nSPS) is 22.3. The molecule has 31 heavy (non-hydrogen) atoms. The second kappa shape index (κ2) is 8.47. The number of rotatable bonds is 4. The van der Waals surface area contributed by atoms with Crippen LogP contribution in [0.15, 0.2) is 110 Å². The fourth-order valence-electron chi connectivity index (χ4n) is 4.81. The Hall–Kier alpha value is -2.06. The second-order valence-electron chi connectivity index (χ2n) is 7.68. The third kappa shape index (κ3) is 3.26. The molecule has 2 unspecified atom stereocenters. The van der Waals surface area contributed by atoms with Gasteiger partial charge in [0.1, 0.15) is 0 Å². The van der Waals surface area contributed by atoms with E-state index in [9.17, 15) is 0 Å². The van der Waals surface area contributed by atoms with Crippen LogP contribution in [0.3, 0.4) is 0 Å². The number of aromatic nitrogens is 2. The molecule has 0 aliphatic heterocycles. The van der Waals surface area contributed by atoms with E-state index in [1.54, 1.807) is 0 Å². The molecule has 0 saturated heterocycles. The first kappa shape index (κ1) is 22.1. The van der Waals surface area contributed by atoms with Crippen LogP contribution < -0.4 is 0 Å². The summed E-state index contributed by atoms with van der Waals surface area (Å²) in [6.45, 7) is 0. The van der Waals surface area contributed by atoms with E-state index in [0.717, 1.165) is 0 Å². The van der Waals surface area contributed by atoms with Gasteiger partial charge in [0.05, 0.1) is 0 Å². The Kier molecular flexibility index (Phi) is 6.05. The fraction of sp³-hybridized carbons (Fsp3) is 0.0769. The first-order chi connectivity index (χ1) is 14.3. The van der Waals surface area contributed by atoms with Gasteiger partial charge in [0.15, 0.2) is 0 Å². The van der Waals surface area contributed by atoms with E-state index in [1.807, 2.05) is 0 Å². The molecule has 2 heterocycles. The first-order valence-electron chi connectivity index (χ1n) is 9.96. The summed E-state index contributed by atoms with van der Waals surface area (Å²) in [5.74, 6) is 0. The van der Waals surface area contributed by atoms with Gasteiger partial charge < -0.3 is 0 Å². The number of allylic oxidation sites excluding steroid dienone is 2. The van der Waals surface area contributed by atoms with Gasteiger partial charge in [-0.25, -0.2) is 0 Å². The van der Waals surface area contributed by atoms with Gasteiger partial charge in [-0.3, -0.25) is 0 Å². The van der Waals surface area contributed by atoms with E-state index in [4.69, 9.17) is 0 Å². The first-order valence-corrected chi connectivity index (χ1v) is 12.4. The van der Waals surface area contributed by atoms with Crippen molar-refractivity contribution in [2.24, 2.45) is 0 Å². The predicted molar refractivity (Wildman–Crippen MR) is 128 cm³/mol. The zero-order chi connectivity index (χ0) is 19.3. The summed E-state index contributed by atoms with van der Waals surface area (Å²) in [6.07, 6.45) is 18.5. The van der Waals surface area contributed by atoms with Crippen molar-refractivity contribution in [2.75, 3.05) is 0 Å². The van der Waals surface area contributed by atoms with Gasteiger partial charge in [-0.1, -0.05) is 0 Å². The van der Waals surface area contributed by atoms with Crippen molar-refractivity contribution < 1.29 is 23.2 Å². The van der Waals surface area contributed by atoms with Crippen LogP contribution in [0.5, 0.6) is 0 Å². The molecular formula is C26H22Cl2N2Zr. The van der Waals surface area contributed by atoms with E-state index in [0.29, 0.717) is 0 Å². The minimum atomic E-state index is -1.25. The minimum absolute atomic E-state index is 0. The summed E-state index contributed by atoms with van der Waals surface area (Å²) in [5, 5.41) is 0. The molecule has 2 aliphatic rings. The zero-order valence-electron chi connectivity index (χ0n) is 16.8. The molecule has 0 bridgehead atoms. The molecule has 0 amide bonds. The monoisotopic (exact) mass is 522 g/mol. The summed E-state index contributed by atoms with van der Waals surface area (Å²) in [7, 11) is 0. The Labute approximate surface area is 206 Å². The number of hydrogen-bond donors (Lipinski definition) is 0. The molecule has 4 aromatic rings. The van der Waals surface area contributed by atoms with Crippen LogP contribution in [0.1, 0.15) is 22.3 Å². The summed E-state index contributed by atoms with van der Waals surface area (Å²) >= 11 is -1.25. The minimum Gasteiger partial charge on any atom is -0.147 e. The molecule has 2 aromatic heterocycles. The average molecular weight is 525 g/mol. The molecule has 5 heteroatoms. The molecule has 2 aromatic carbocycles. The molecule has 2 atom stereocenters. The molecule has 0 saturated carbocycles. The third-order valence-corrected chi connectivity index (χ3v) is 11.4. The number of benzene rings is 2. The molecule has 0 fully saturated rings. The molecule has 154 valence electrons. The summed E-state index contributed by atoms with van der Waals surface area (Å²) in [6, 6.07) is 26.4.